The SMILES string of the molecule is CN(Cc1cc(Cl)ccc1OCc1ccccc1)[C@@H]1CCC[C@@H](O)[C@@H]1O. The zero-order chi connectivity index (χ0) is 18.5. The van der Waals surface area contributed by atoms with E-state index in [1.54, 1.807) is 0 Å². The van der Waals surface area contributed by atoms with E-state index >= 15 is 0 Å². The van der Waals surface area contributed by atoms with E-state index < -0.39 is 12.2 Å². The Kier molecular flexibility index (Phi) is 6.54. The molecule has 1 aliphatic rings. The monoisotopic (exact) mass is 375 g/mol. The smallest absolute Gasteiger partial charge is 0.124 e. The molecule has 0 aromatic heterocycles. The van der Waals surface area contributed by atoms with Crippen LogP contribution >= 0.6 is 11.6 Å². The molecule has 4 nitrogen and oxygen atoms in total. The molecular weight excluding hydrogens is 350 g/mol. The Hall–Kier alpha value is -1.59. The number of nitrogens with zero attached hydrogens (tertiary/aromatic N) is 1. The average Bonchev–Trinajstić information content (AvgIpc) is 2.64. The zero-order valence-corrected chi connectivity index (χ0v) is 15.8. The van der Waals surface area contributed by atoms with Gasteiger partial charge in [0, 0.05) is 23.2 Å². The van der Waals surface area contributed by atoms with Gasteiger partial charge in [0.2, 0.25) is 0 Å². The van der Waals surface area contributed by atoms with Gasteiger partial charge in [0.15, 0.2) is 0 Å². The molecule has 26 heavy (non-hydrogen) atoms. The normalized spacial score (nSPS) is 23.2. The van der Waals surface area contributed by atoms with Crippen LogP contribution in [-0.4, -0.2) is 40.4 Å². The number of hydrogen-bond acceptors (Lipinski definition) is 4. The third-order valence-corrected chi connectivity index (χ3v) is 5.27. The minimum Gasteiger partial charge on any atom is -0.489 e. The number of halogens is 1. The van der Waals surface area contributed by atoms with E-state index in [2.05, 4.69) is 4.90 Å². The summed E-state index contributed by atoms with van der Waals surface area (Å²) in [6, 6.07) is 15.6. The highest BCUT2D eigenvalue weighted by molar-refractivity contribution is 6.30. The van der Waals surface area contributed by atoms with E-state index in [1.807, 2.05) is 55.6 Å². The fourth-order valence-electron chi connectivity index (χ4n) is 3.55. The Balaban J connectivity index is 1.71. The molecule has 3 atom stereocenters. The summed E-state index contributed by atoms with van der Waals surface area (Å²) in [5, 5.41) is 20.9. The molecule has 0 radical (unpaired) electrons. The highest BCUT2D eigenvalue weighted by atomic mass is 35.5. The van der Waals surface area contributed by atoms with Crippen LogP contribution in [0.25, 0.3) is 0 Å². The molecule has 0 heterocycles. The second-order valence-corrected chi connectivity index (χ2v) is 7.43. The summed E-state index contributed by atoms with van der Waals surface area (Å²) in [5.41, 5.74) is 2.08. The van der Waals surface area contributed by atoms with Gasteiger partial charge >= 0.3 is 0 Å². The molecular formula is C21H26ClNO3. The van der Waals surface area contributed by atoms with E-state index in [9.17, 15) is 10.2 Å². The van der Waals surface area contributed by atoms with E-state index in [1.165, 1.54) is 0 Å². The lowest BCUT2D eigenvalue weighted by Crippen LogP contribution is -2.49. The molecule has 140 valence electrons. The molecule has 0 bridgehead atoms. The number of benzene rings is 2. The summed E-state index contributed by atoms with van der Waals surface area (Å²) in [6.07, 6.45) is 1.08. The van der Waals surface area contributed by atoms with Gasteiger partial charge in [-0.15, -0.1) is 0 Å². The van der Waals surface area contributed by atoms with E-state index in [0.717, 1.165) is 29.7 Å². The quantitative estimate of drug-likeness (QED) is 0.809. The van der Waals surface area contributed by atoms with Crippen molar-refractivity contribution in [2.45, 2.75) is 50.7 Å². The Labute approximate surface area is 160 Å². The first-order valence-corrected chi connectivity index (χ1v) is 9.44. The maximum atomic E-state index is 10.3. The van der Waals surface area contributed by atoms with Crippen LogP contribution in [0.5, 0.6) is 5.75 Å². The van der Waals surface area contributed by atoms with Crippen molar-refractivity contribution in [3.8, 4) is 5.75 Å². The summed E-state index contributed by atoms with van der Waals surface area (Å²) in [7, 11) is 1.97. The third kappa shape index (κ3) is 4.77. The predicted octanol–water partition coefficient (Wildman–Crippen LogP) is 3.63. The lowest BCUT2D eigenvalue weighted by atomic mass is 9.89. The van der Waals surface area contributed by atoms with Gasteiger partial charge in [-0.05, 0) is 50.1 Å². The molecule has 1 saturated carbocycles. The molecule has 2 aromatic carbocycles. The fourth-order valence-corrected chi connectivity index (χ4v) is 3.74. The summed E-state index contributed by atoms with van der Waals surface area (Å²) >= 11 is 6.19. The highest BCUT2D eigenvalue weighted by Crippen LogP contribution is 2.28. The molecule has 0 amide bonds. The lowest BCUT2D eigenvalue weighted by molar-refractivity contribution is -0.0606. The second kappa shape index (κ2) is 8.87. The molecule has 1 aliphatic carbocycles. The number of ether oxygens (including phenoxy) is 1. The Morgan fingerprint density at radius 1 is 1.12 bits per heavy atom. The van der Waals surface area contributed by atoms with Gasteiger partial charge in [-0.3, -0.25) is 4.90 Å². The summed E-state index contributed by atoms with van der Waals surface area (Å²) < 4.78 is 6.02. The first-order chi connectivity index (χ1) is 12.5. The molecule has 5 heteroatoms. The van der Waals surface area contributed by atoms with Crippen molar-refractivity contribution in [1.29, 1.82) is 0 Å². The van der Waals surface area contributed by atoms with Crippen molar-refractivity contribution >= 4 is 11.6 Å². The van der Waals surface area contributed by atoms with Crippen molar-refractivity contribution in [2.75, 3.05) is 7.05 Å². The molecule has 1 fully saturated rings. The highest BCUT2D eigenvalue weighted by Gasteiger charge is 2.33. The van der Waals surface area contributed by atoms with Crippen molar-refractivity contribution in [3.63, 3.8) is 0 Å². The first-order valence-electron chi connectivity index (χ1n) is 9.06. The van der Waals surface area contributed by atoms with E-state index in [-0.39, 0.29) is 6.04 Å². The Bertz CT molecular complexity index is 710. The summed E-state index contributed by atoms with van der Waals surface area (Å²) in [4.78, 5) is 2.08. The number of hydrogen-bond donors (Lipinski definition) is 2. The van der Waals surface area contributed by atoms with Gasteiger partial charge < -0.3 is 14.9 Å². The van der Waals surface area contributed by atoms with Gasteiger partial charge in [0.05, 0.1) is 12.2 Å². The minimum absolute atomic E-state index is 0.0697. The maximum Gasteiger partial charge on any atom is 0.124 e. The Morgan fingerprint density at radius 2 is 1.88 bits per heavy atom. The first kappa shape index (κ1) is 19.2. The number of aliphatic hydroxyl groups is 2. The Morgan fingerprint density at radius 3 is 2.65 bits per heavy atom. The van der Waals surface area contributed by atoms with Crippen LogP contribution in [0.3, 0.4) is 0 Å². The minimum atomic E-state index is -0.721. The molecule has 0 spiro atoms. The van der Waals surface area contributed by atoms with Crippen LogP contribution in [-0.2, 0) is 13.2 Å². The molecule has 0 saturated heterocycles. The van der Waals surface area contributed by atoms with Gasteiger partial charge in [-0.1, -0.05) is 41.9 Å². The van der Waals surface area contributed by atoms with Crippen molar-refractivity contribution < 1.29 is 14.9 Å². The number of likely N-dealkylation sites (N-methyl/N-ethyl adjacent to an activating group) is 1. The second-order valence-electron chi connectivity index (χ2n) is 7.00. The van der Waals surface area contributed by atoms with E-state index in [0.29, 0.717) is 24.6 Å². The molecule has 3 rings (SSSR count). The molecule has 2 N–H and O–H groups in total. The van der Waals surface area contributed by atoms with Crippen LogP contribution in [0.2, 0.25) is 5.02 Å². The fraction of sp³-hybridized carbons (Fsp3) is 0.429. The van der Waals surface area contributed by atoms with Crippen LogP contribution in [0.15, 0.2) is 48.5 Å². The average molecular weight is 376 g/mol. The number of aliphatic hydroxyl groups excluding tert-OH is 2. The van der Waals surface area contributed by atoms with Crippen molar-refractivity contribution in [1.82, 2.24) is 4.90 Å². The van der Waals surface area contributed by atoms with Crippen LogP contribution < -0.4 is 4.74 Å². The largest absolute Gasteiger partial charge is 0.489 e. The third-order valence-electron chi connectivity index (χ3n) is 5.03. The van der Waals surface area contributed by atoms with Crippen LogP contribution in [0.1, 0.15) is 30.4 Å². The molecule has 0 unspecified atom stereocenters. The van der Waals surface area contributed by atoms with Crippen molar-refractivity contribution in [2.24, 2.45) is 0 Å². The van der Waals surface area contributed by atoms with Gasteiger partial charge in [0.1, 0.15) is 12.4 Å². The van der Waals surface area contributed by atoms with Crippen LogP contribution in [0.4, 0.5) is 0 Å². The lowest BCUT2D eigenvalue weighted by Gasteiger charge is -2.38. The molecule has 0 aliphatic heterocycles. The van der Waals surface area contributed by atoms with Gasteiger partial charge in [-0.2, -0.15) is 0 Å². The summed E-state index contributed by atoms with van der Waals surface area (Å²) in [6.45, 7) is 1.09. The number of rotatable bonds is 6. The summed E-state index contributed by atoms with van der Waals surface area (Å²) in [5.74, 6) is 0.788. The molecule has 2 aromatic rings. The standard InChI is InChI=1S/C21H26ClNO3/c1-23(18-8-5-9-19(24)21(18)25)13-16-12-17(22)10-11-20(16)26-14-15-6-3-2-4-7-15/h2-4,6-7,10-12,18-19,21,24-25H,5,8-9,13-14H2,1H3/t18-,19-,21-/m1/s1. The van der Waals surface area contributed by atoms with E-state index in [4.69, 9.17) is 16.3 Å². The maximum absolute atomic E-state index is 10.3. The topological polar surface area (TPSA) is 52.9 Å². The van der Waals surface area contributed by atoms with Crippen LogP contribution in [0, 0.1) is 0 Å². The zero-order valence-electron chi connectivity index (χ0n) is 15.0. The van der Waals surface area contributed by atoms with Gasteiger partial charge in [0.25, 0.3) is 0 Å². The predicted molar refractivity (Wildman–Crippen MR) is 103 cm³/mol. The van der Waals surface area contributed by atoms with Crippen molar-refractivity contribution in [3.05, 3.63) is 64.7 Å². The van der Waals surface area contributed by atoms with Gasteiger partial charge in [-0.25, -0.2) is 0 Å².